The number of amides is 1. The first-order valence-electron chi connectivity index (χ1n) is 10.0. The number of nitrogen functional groups attached to an aromatic ring is 1. The average Bonchev–Trinajstić information content (AvgIpc) is 3.21. The molecule has 2 aliphatic rings. The van der Waals surface area contributed by atoms with Gasteiger partial charge in [0.1, 0.15) is 0 Å². The fourth-order valence-corrected chi connectivity index (χ4v) is 4.68. The minimum atomic E-state index is -0.0564. The van der Waals surface area contributed by atoms with E-state index in [1.165, 1.54) is 5.56 Å². The molecule has 0 spiro atoms. The van der Waals surface area contributed by atoms with Crippen LogP contribution in [0.5, 0.6) is 11.5 Å². The maximum absolute atomic E-state index is 13.0. The molecule has 2 N–H and O–H groups in total. The summed E-state index contributed by atoms with van der Waals surface area (Å²) >= 11 is 1.63. The standard InChI is InChI=1S/C22H27N3O3S/c1-2-21(29-18-6-4-17(23)5-7-18)22(26)25-11-9-24(10-12-25)14-16-3-8-19-20(13-16)28-15-27-19/h3-8,13,21H,2,9-12,14-15,23H2,1H3. The third-order valence-electron chi connectivity index (χ3n) is 5.33. The van der Waals surface area contributed by atoms with E-state index in [2.05, 4.69) is 24.0 Å². The van der Waals surface area contributed by atoms with E-state index in [-0.39, 0.29) is 11.2 Å². The summed E-state index contributed by atoms with van der Waals surface area (Å²) in [7, 11) is 0. The van der Waals surface area contributed by atoms with Gasteiger partial charge in [0, 0.05) is 43.3 Å². The van der Waals surface area contributed by atoms with E-state index in [9.17, 15) is 4.79 Å². The van der Waals surface area contributed by atoms with Gasteiger partial charge in [0.2, 0.25) is 12.7 Å². The second kappa shape index (κ2) is 8.97. The van der Waals surface area contributed by atoms with Crippen molar-refractivity contribution in [2.45, 2.75) is 30.0 Å². The van der Waals surface area contributed by atoms with Crippen LogP contribution in [0.2, 0.25) is 0 Å². The van der Waals surface area contributed by atoms with Crippen LogP contribution in [0, 0.1) is 0 Å². The summed E-state index contributed by atoms with van der Waals surface area (Å²) in [6.07, 6.45) is 0.811. The number of hydrogen-bond donors (Lipinski definition) is 1. The van der Waals surface area contributed by atoms with Crippen molar-refractivity contribution in [3.63, 3.8) is 0 Å². The highest BCUT2D eigenvalue weighted by molar-refractivity contribution is 8.00. The maximum Gasteiger partial charge on any atom is 0.236 e. The van der Waals surface area contributed by atoms with Gasteiger partial charge in [-0.05, 0) is 48.4 Å². The lowest BCUT2D eigenvalue weighted by atomic mass is 10.1. The summed E-state index contributed by atoms with van der Waals surface area (Å²) in [6, 6.07) is 13.8. The summed E-state index contributed by atoms with van der Waals surface area (Å²) in [5.41, 5.74) is 7.71. The number of thioether (sulfide) groups is 1. The van der Waals surface area contributed by atoms with E-state index in [0.717, 1.165) is 61.2 Å². The van der Waals surface area contributed by atoms with Gasteiger partial charge in [-0.1, -0.05) is 13.0 Å². The predicted octanol–water partition coefficient (Wildman–Crippen LogP) is 3.21. The Hall–Kier alpha value is -2.38. The molecule has 1 fully saturated rings. The second-order valence-corrected chi connectivity index (χ2v) is 8.65. The van der Waals surface area contributed by atoms with Gasteiger partial charge in [-0.2, -0.15) is 0 Å². The van der Waals surface area contributed by atoms with Gasteiger partial charge in [0.05, 0.1) is 5.25 Å². The monoisotopic (exact) mass is 413 g/mol. The minimum absolute atomic E-state index is 0.0564. The van der Waals surface area contributed by atoms with Crippen LogP contribution in [-0.4, -0.2) is 53.9 Å². The minimum Gasteiger partial charge on any atom is -0.454 e. The van der Waals surface area contributed by atoms with Crippen LogP contribution >= 0.6 is 11.8 Å². The number of benzene rings is 2. The summed E-state index contributed by atoms with van der Waals surface area (Å²) in [6.45, 7) is 6.52. The Kier molecular flexibility index (Phi) is 6.16. The molecule has 29 heavy (non-hydrogen) atoms. The highest BCUT2D eigenvalue weighted by Gasteiger charge is 2.27. The molecule has 2 aromatic carbocycles. The average molecular weight is 414 g/mol. The largest absolute Gasteiger partial charge is 0.454 e. The molecule has 2 aliphatic heterocycles. The fourth-order valence-electron chi connectivity index (χ4n) is 3.65. The van der Waals surface area contributed by atoms with Gasteiger partial charge >= 0.3 is 0 Å². The number of rotatable bonds is 6. The van der Waals surface area contributed by atoms with E-state index in [0.29, 0.717) is 6.79 Å². The second-order valence-electron chi connectivity index (χ2n) is 7.37. The lowest BCUT2D eigenvalue weighted by Gasteiger charge is -2.36. The van der Waals surface area contributed by atoms with Gasteiger partial charge in [0.25, 0.3) is 0 Å². The quantitative estimate of drug-likeness (QED) is 0.579. The molecule has 0 bridgehead atoms. The zero-order valence-corrected chi connectivity index (χ0v) is 17.5. The van der Waals surface area contributed by atoms with E-state index < -0.39 is 0 Å². The number of hydrogen-bond acceptors (Lipinski definition) is 6. The molecule has 4 rings (SSSR count). The van der Waals surface area contributed by atoms with Gasteiger partial charge in [-0.3, -0.25) is 9.69 Å². The van der Waals surface area contributed by atoms with Crippen LogP contribution < -0.4 is 15.2 Å². The molecule has 1 atom stereocenters. The SMILES string of the molecule is CCC(Sc1ccc(N)cc1)C(=O)N1CCN(Cc2ccc3c(c2)OCO3)CC1. The van der Waals surface area contributed by atoms with Gasteiger partial charge < -0.3 is 20.1 Å². The number of carbonyl (C=O) groups excluding carboxylic acids is 1. The fraction of sp³-hybridized carbons (Fsp3) is 0.409. The van der Waals surface area contributed by atoms with Crippen molar-refractivity contribution in [2.24, 2.45) is 0 Å². The molecule has 0 radical (unpaired) electrons. The Morgan fingerprint density at radius 2 is 1.79 bits per heavy atom. The highest BCUT2D eigenvalue weighted by Crippen LogP contribution is 2.33. The Morgan fingerprint density at radius 1 is 1.07 bits per heavy atom. The third-order valence-corrected chi connectivity index (χ3v) is 6.70. The molecule has 0 aromatic heterocycles. The molecule has 6 nitrogen and oxygen atoms in total. The number of nitrogens with two attached hydrogens (primary N) is 1. The topological polar surface area (TPSA) is 68.0 Å². The number of ether oxygens (including phenoxy) is 2. The van der Waals surface area contributed by atoms with Crippen LogP contribution in [0.1, 0.15) is 18.9 Å². The van der Waals surface area contributed by atoms with Crippen molar-refractivity contribution < 1.29 is 14.3 Å². The molecular weight excluding hydrogens is 386 g/mol. The van der Waals surface area contributed by atoms with E-state index in [4.69, 9.17) is 15.2 Å². The van der Waals surface area contributed by atoms with Gasteiger partial charge in [-0.25, -0.2) is 0 Å². The Balaban J connectivity index is 1.30. The van der Waals surface area contributed by atoms with E-state index in [1.54, 1.807) is 11.8 Å². The van der Waals surface area contributed by atoms with Crippen molar-refractivity contribution >= 4 is 23.4 Å². The molecule has 0 aliphatic carbocycles. The summed E-state index contributed by atoms with van der Waals surface area (Å²) in [4.78, 5) is 18.5. The van der Waals surface area contributed by atoms with Crippen molar-refractivity contribution in [3.05, 3.63) is 48.0 Å². The normalized spacial score (nSPS) is 17.3. The number of fused-ring (bicyclic) bond motifs is 1. The third kappa shape index (κ3) is 4.79. The van der Waals surface area contributed by atoms with Crippen LogP contribution in [0.25, 0.3) is 0 Å². The molecule has 2 aromatic rings. The molecule has 1 unspecified atom stereocenters. The predicted molar refractivity (Wildman–Crippen MR) is 115 cm³/mol. The lowest BCUT2D eigenvalue weighted by Crippen LogP contribution is -2.50. The first-order valence-corrected chi connectivity index (χ1v) is 10.9. The summed E-state index contributed by atoms with van der Waals surface area (Å²) in [5.74, 6) is 1.87. The molecule has 2 heterocycles. The van der Waals surface area contributed by atoms with Crippen LogP contribution in [0.4, 0.5) is 5.69 Å². The Morgan fingerprint density at radius 3 is 2.52 bits per heavy atom. The summed E-state index contributed by atoms with van der Waals surface area (Å²) < 4.78 is 10.8. The van der Waals surface area contributed by atoms with Crippen molar-refractivity contribution in [3.8, 4) is 11.5 Å². The van der Waals surface area contributed by atoms with Crippen molar-refractivity contribution in [1.29, 1.82) is 0 Å². The Bertz CT molecular complexity index is 851. The molecule has 154 valence electrons. The first-order chi connectivity index (χ1) is 14.1. The summed E-state index contributed by atoms with van der Waals surface area (Å²) in [5, 5.41) is -0.0564. The lowest BCUT2D eigenvalue weighted by molar-refractivity contribution is -0.132. The number of anilines is 1. The van der Waals surface area contributed by atoms with Crippen molar-refractivity contribution in [2.75, 3.05) is 38.7 Å². The van der Waals surface area contributed by atoms with Crippen LogP contribution in [0.3, 0.4) is 0 Å². The number of carbonyl (C=O) groups is 1. The van der Waals surface area contributed by atoms with E-state index in [1.807, 2.05) is 35.2 Å². The zero-order chi connectivity index (χ0) is 20.2. The van der Waals surface area contributed by atoms with Crippen LogP contribution in [0.15, 0.2) is 47.4 Å². The van der Waals surface area contributed by atoms with Gasteiger partial charge in [-0.15, -0.1) is 11.8 Å². The molecular formula is C22H27N3O3S. The first kappa shape index (κ1) is 19.9. The molecule has 0 saturated carbocycles. The van der Waals surface area contributed by atoms with Gasteiger partial charge in [0.15, 0.2) is 11.5 Å². The molecule has 1 saturated heterocycles. The van der Waals surface area contributed by atoms with E-state index >= 15 is 0 Å². The maximum atomic E-state index is 13.0. The van der Waals surface area contributed by atoms with Crippen molar-refractivity contribution in [1.82, 2.24) is 9.80 Å². The smallest absolute Gasteiger partial charge is 0.236 e. The zero-order valence-electron chi connectivity index (χ0n) is 16.7. The number of nitrogens with zero attached hydrogens (tertiary/aromatic N) is 2. The Labute approximate surface area is 175 Å². The molecule has 1 amide bonds. The number of piperazine rings is 1. The van der Waals surface area contributed by atoms with Crippen LogP contribution in [-0.2, 0) is 11.3 Å². The molecule has 7 heteroatoms. The highest BCUT2D eigenvalue weighted by atomic mass is 32.2.